The lowest BCUT2D eigenvalue weighted by Gasteiger charge is -2.29. The number of nitrogens with zero attached hydrogens (tertiary/aromatic N) is 5. The van der Waals surface area contributed by atoms with Gasteiger partial charge in [-0.15, -0.1) is 0 Å². The molecule has 1 N–H and O–H groups in total. The van der Waals surface area contributed by atoms with Crippen LogP contribution in [0.1, 0.15) is 36.1 Å². The van der Waals surface area contributed by atoms with Crippen LogP contribution in [0, 0.1) is 0 Å². The van der Waals surface area contributed by atoms with Crippen LogP contribution in [0.5, 0.6) is 0 Å². The van der Waals surface area contributed by atoms with Crippen LogP contribution >= 0.6 is 0 Å². The highest BCUT2D eigenvalue weighted by Gasteiger charge is 2.22. The van der Waals surface area contributed by atoms with Crippen molar-refractivity contribution in [2.75, 3.05) is 24.5 Å². The van der Waals surface area contributed by atoms with Gasteiger partial charge < -0.3 is 9.88 Å². The number of hydrogen-bond donors (Lipinski definition) is 1. The van der Waals surface area contributed by atoms with Crippen molar-refractivity contribution in [3.8, 4) is 11.4 Å². The van der Waals surface area contributed by atoms with Crippen molar-refractivity contribution in [3.63, 3.8) is 0 Å². The first kappa shape index (κ1) is 18.9. The Kier molecular flexibility index (Phi) is 5.27. The average Bonchev–Trinajstić information content (AvgIpc) is 2.81. The SMILES string of the molecule is O=c1[nH]c(-c2cccnc2)nc2c1CN(Cc1ccc(N3CCCCC3)nc1)CC2. The number of piperidine rings is 1. The number of anilines is 1. The maximum atomic E-state index is 12.7. The maximum Gasteiger partial charge on any atom is 0.255 e. The highest BCUT2D eigenvalue weighted by Crippen LogP contribution is 2.21. The van der Waals surface area contributed by atoms with Gasteiger partial charge >= 0.3 is 0 Å². The minimum atomic E-state index is -0.0536. The summed E-state index contributed by atoms with van der Waals surface area (Å²) in [5.41, 5.74) is 3.62. The molecule has 2 aliphatic rings. The van der Waals surface area contributed by atoms with E-state index in [1.807, 2.05) is 18.3 Å². The number of aromatic amines is 1. The van der Waals surface area contributed by atoms with Gasteiger partial charge in [-0.25, -0.2) is 9.97 Å². The van der Waals surface area contributed by atoms with Gasteiger partial charge in [-0.05, 0) is 43.0 Å². The second-order valence-corrected chi connectivity index (χ2v) is 8.11. The third kappa shape index (κ3) is 3.98. The average molecular weight is 403 g/mol. The minimum Gasteiger partial charge on any atom is -0.357 e. The highest BCUT2D eigenvalue weighted by atomic mass is 16.1. The molecular weight excluding hydrogens is 376 g/mol. The first-order chi connectivity index (χ1) is 14.8. The van der Waals surface area contributed by atoms with Crippen LogP contribution in [0.15, 0.2) is 47.7 Å². The number of aromatic nitrogens is 4. The van der Waals surface area contributed by atoms with Crippen molar-refractivity contribution >= 4 is 5.82 Å². The molecule has 0 bridgehead atoms. The van der Waals surface area contributed by atoms with Crippen molar-refractivity contribution in [1.29, 1.82) is 0 Å². The molecule has 0 aliphatic carbocycles. The molecular formula is C23H26N6O. The summed E-state index contributed by atoms with van der Waals surface area (Å²) < 4.78 is 0. The molecule has 7 nitrogen and oxygen atoms in total. The molecule has 7 heteroatoms. The molecule has 0 atom stereocenters. The van der Waals surface area contributed by atoms with Crippen LogP contribution in [0.3, 0.4) is 0 Å². The zero-order valence-corrected chi connectivity index (χ0v) is 17.0. The zero-order valence-electron chi connectivity index (χ0n) is 17.0. The van der Waals surface area contributed by atoms with Gasteiger partial charge in [-0.3, -0.25) is 14.7 Å². The van der Waals surface area contributed by atoms with Gasteiger partial charge in [0.25, 0.3) is 5.56 Å². The molecule has 5 heterocycles. The minimum absolute atomic E-state index is 0.0536. The topological polar surface area (TPSA) is 78.0 Å². The number of pyridine rings is 2. The normalized spacial score (nSPS) is 17.0. The second-order valence-electron chi connectivity index (χ2n) is 8.11. The fourth-order valence-corrected chi connectivity index (χ4v) is 4.33. The summed E-state index contributed by atoms with van der Waals surface area (Å²) in [5.74, 6) is 1.67. The second kappa shape index (κ2) is 8.36. The molecule has 0 amide bonds. The van der Waals surface area contributed by atoms with Gasteiger partial charge in [-0.1, -0.05) is 6.07 Å². The van der Waals surface area contributed by atoms with Crippen LogP contribution in [0.2, 0.25) is 0 Å². The summed E-state index contributed by atoms with van der Waals surface area (Å²) in [4.78, 5) is 33.8. The first-order valence-electron chi connectivity index (χ1n) is 10.7. The standard InChI is InChI=1S/C23H26N6O/c30-23-19-16-28(12-8-20(19)26-22(27-23)18-5-4-9-24-14-18)15-17-6-7-21(25-13-17)29-10-2-1-3-11-29/h4-7,9,13-14H,1-3,8,10-12,15-16H2,(H,26,27,30). The Morgan fingerprint density at radius 1 is 1.03 bits per heavy atom. The lowest BCUT2D eigenvalue weighted by Crippen LogP contribution is -2.35. The van der Waals surface area contributed by atoms with Crippen LogP contribution in [-0.4, -0.2) is 44.5 Å². The van der Waals surface area contributed by atoms with Gasteiger partial charge in [0.05, 0.1) is 11.3 Å². The summed E-state index contributed by atoms with van der Waals surface area (Å²) in [7, 11) is 0. The smallest absolute Gasteiger partial charge is 0.255 e. The van der Waals surface area contributed by atoms with E-state index in [0.29, 0.717) is 12.4 Å². The predicted octanol–water partition coefficient (Wildman–Crippen LogP) is 2.78. The van der Waals surface area contributed by atoms with Crippen molar-refractivity contribution in [2.45, 2.75) is 38.8 Å². The molecule has 0 aromatic carbocycles. The first-order valence-corrected chi connectivity index (χ1v) is 10.7. The molecule has 154 valence electrons. The summed E-state index contributed by atoms with van der Waals surface area (Å²) in [6.07, 6.45) is 10.0. The van der Waals surface area contributed by atoms with Crippen molar-refractivity contribution in [2.24, 2.45) is 0 Å². The molecule has 1 fully saturated rings. The number of nitrogens with one attached hydrogen (secondary N) is 1. The van der Waals surface area contributed by atoms with Crippen LogP contribution in [0.4, 0.5) is 5.82 Å². The van der Waals surface area contributed by atoms with Gasteiger partial charge in [0.2, 0.25) is 0 Å². The summed E-state index contributed by atoms with van der Waals surface area (Å²) in [6, 6.07) is 8.06. The number of H-pyrrole nitrogens is 1. The van der Waals surface area contributed by atoms with Crippen molar-refractivity contribution in [3.05, 3.63) is 70.0 Å². The van der Waals surface area contributed by atoms with Crippen molar-refractivity contribution < 1.29 is 0 Å². The van der Waals surface area contributed by atoms with Gasteiger partial charge in [-0.2, -0.15) is 0 Å². The van der Waals surface area contributed by atoms with E-state index in [4.69, 9.17) is 4.98 Å². The highest BCUT2D eigenvalue weighted by molar-refractivity contribution is 5.53. The lowest BCUT2D eigenvalue weighted by molar-refractivity contribution is 0.241. The number of fused-ring (bicyclic) bond motifs is 1. The Bertz CT molecular complexity index is 1060. The molecule has 3 aromatic heterocycles. The Morgan fingerprint density at radius 3 is 2.70 bits per heavy atom. The van der Waals surface area contributed by atoms with E-state index in [1.54, 1.807) is 12.4 Å². The van der Waals surface area contributed by atoms with Gasteiger partial charge in [0.1, 0.15) is 11.6 Å². The van der Waals surface area contributed by atoms with Crippen LogP contribution in [-0.2, 0) is 19.5 Å². The van der Waals surface area contributed by atoms with E-state index >= 15 is 0 Å². The Labute approximate surface area is 175 Å². The third-order valence-corrected chi connectivity index (χ3v) is 5.98. The van der Waals surface area contributed by atoms with E-state index in [0.717, 1.165) is 55.2 Å². The van der Waals surface area contributed by atoms with E-state index in [-0.39, 0.29) is 5.56 Å². The summed E-state index contributed by atoms with van der Waals surface area (Å²) in [5, 5.41) is 0. The number of hydrogen-bond acceptors (Lipinski definition) is 6. The van der Waals surface area contributed by atoms with E-state index in [1.165, 1.54) is 24.8 Å². The molecule has 2 aliphatic heterocycles. The Morgan fingerprint density at radius 2 is 1.93 bits per heavy atom. The monoisotopic (exact) mass is 402 g/mol. The molecule has 0 spiro atoms. The molecule has 0 unspecified atom stereocenters. The molecule has 0 saturated carbocycles. The van der Waals surface area contributed by atoms with E-state index in [9.17, 15) is 4.79 Å². The molecule has 1 saturated heterocycles. The quantitative estimate of drug-likeness (QED) is 0.723. The van der Waals surface area contributed by atoms with Crippen molar-refractivity contribution in [1.82, 2.24) is 24.8 Å². The largest absolute Gasteiger partial charge is 0.357 e. The third-order valence-electron chi connectivity index (χ3n) is 5.98. The lowest BCUT2D eigenvalue weighted by atomic mass is 10.1. The molecule has 0 radical (unpaired) electrons. The summed E-state index contributed by atoms with van der Waals surface area (Å²) in [6.45, 7) is 4.48. The van der Waals surface area contributed by atoms with Crippen LogP contribution in [0.25, 0.3) is 11.4 Å². The number of rotatable bonds is 4. The molecule has 30 heavy (non-hydrogen) atoms. The maximum absolute atomic E-state index is 12.7. The fourth-order valence-electron chi connectivity index (χ4n) is 4.33. The van der Waals surface area contributed by atoms with Crippen LogP contribution < -0.4 is 10.5 Å². The predicted molar refractivity (Wildman–Crippen MR) is 116 cm³/mol. The van der Waals surface area contributed by atoms with E-state index < -0.39 is 0 Å². The zero-order chi connectivity index (χ0) is 20.3. The fraction of sp³-hybridized carbons (Fsp3) is 0.391. The Hall–Kier alpha value is -3.06. The summed E-state index contributed by atoms with van der Waals surface area (Å²) >= 11 is 0. The molecule has 5 rings (SSSR count). The van der Waals surface area contributed by atoms with Gasteiger partial charge in [0, 0.05) is 63.3 Å². The van der Waals surface area contributed by atoms with Gasteiger partial charge in [0.15, 0.2) is 0 Å². The van der Waals surface area contributed by atoms with E-state index in [2.05, 4.69) is 36.9 Å². The molecule has 3 aromatic rings. The Balaban J connectivity index is 1.28.